The number of urea groups is 1. The summed E-state index contributed by atoms with van der Waals surface area (Å²) < 4.78 is 5.53. The number of hydrogen-bond acceptors (Lipinski definition) is 3. The standard InChI is InChI=1S/C15H23N3O3/c1-10(2)13(18-15(16)20)14(19)17-7-8-21-12-6-4-5-11(3)9-12/h4-6,9-10,13H,7-8H2,1-3H3,(H,17,19)(H3,16,18,20)/t13-/m0/s1. The SMILES string of the molecule is Cc1cccc(OCCNC(=O)[C@@H](NC(N)=O)C(C)C)c1. The predicted molar refractivity (Wildman–Crippen MR) is 81.0 cm³/mol. The molecule has 0 bridgehead atoms. The van der Waals surface area contributed by atoms with Gasteiger partial charge in [-0.05, 0) is 30.5 Å². The zero-order chi connectivity index (χ0) is 15.8. The maximum Gasteiger partial charge on any atom is 0.312 e. The Labute approximate surface area is 125 Å². The Morgan fingerprint density at radius 1 is 1.33 bits per heavy atom. The van der Waals surface area contributed by atoms with Crippen LogP contribution in [0.1, 0.15) is 19.4 Å². The van der Waals surface area contributed by atoms with Crippen LogP contribution in [0.3, 0.4) is 0 Å². The zero-order valence-electron chi connectivity index (χ0n) is 12.7. The first-order chi connectivity index (χ1) is 9.90. The van der Waals surface area contributed by atoms with Gasteiger partial charge in [0.25, 0.3) is 0 Å². The summed E-state index contributed by atoms with van der Waals surface area (Å²) in [5, 5.41) is 5.15. The van der Waals surface area contributed by atoms with Crippen molar-refractivity contribution in [2.24, 2.45) is 11.7 Å². The van der Waals surface area contributed by atoms with Crippen LogP contribution in [-0.4, -0.2) is 31.1 Å². The topological polar surface area (TPSA) is 93.4 Å². The molecule has 0 saturated heterocycles. The fourth-order valence-corrected chi connectivity index (χ4v) is 1.85. The van der Waals surface area contributed by atoms with Crippen LogP contribution in [0.4, 0.5) is 4.79 Å². The molecule has 4 N–H and O–H groups in total. The highest BCUT2D eigenvalue weighted by atomic mass is 16.5. The van der Waals surface area contributed by atoms with Crippen molar-refractivity contribution >= 4 is 11.9 Å². The first-order valence-corrected chi connectivity index (χ1v) is 6.93. The number of primary amides is 1. The lowest BCUT2D eigenvalue weighted by atomic mass is 10.0. The van der Waals surface area contributed by atoms with Gasteiger partial charge in [-0.3, -0.25) is 4.79 Å². The number of ether oxygens (including phenoxy) is 1. The molecule has 0 heterocycles. The summed E-state index contributed by atoms with van der Waals surface area (Å²) >= 11 is 0. The van der Waals surface area contributed by atoms with Gasteiger partial charge in [-0.2, -0.15) is 0 Å². The summed E-state index contributed by atoms with van der Waals surface area (Å²) in [7, 11) is 0. The highest BCUT2D eigenvalue weighted by molar-refractivity contribution is 5.86. The molecule has 0 fully saturated rings. The van der Waals surface area contributed by atoms with Crippen molar-refractivity contribution in [2.75, 3.05) is 13.2 Å². The van der Waals surface area contributed by atoms with Crippen LogP contribution in [0.15, 0.2) is 24.3 Å². The van der Waals surface area contributed by atoms with Crippen LogP contribution in [0.25, 0.3) is 0 Å². The maximum atomic E-state index is 11.9. The second-order valence-corrected chi connectivity index (χ2v) is 5.19. The number of nitrogens with one attached hydrogen (secondary N) is 2. The number of benzene rings is 1. The minimum Gasteiger partial charge on any atom is -0.492 e. The quantitative estimate of drug-likeness (QED) is 0.659. The van der Waals surface area contributed by atoms with Crippen molar-refractivity contribution in [3.63, 3.8) is 0 Å². The smallest absolute Gasteiger partial charge is 0.312 e. The highest BCUT2D eigenvalue weighted by Gasteiger charge is 2.22. The highest BCUT2D eigenvalue weighted by Crippen LogP contribution is 2.11. The predicted octanol–water partition coefficient (Wildman–Crippen LogP) is 1.18. The fourth-order valence-electron chi connectivity index (χ4n) is 1.85. The molecule has 0 saturated carbocycles. The molecule has 0 unspecified atom stereocenters. The molecule has 3 amide bonds. The van der Waals surface area contributed by atoms with Crippen molar-refractivity contribution in [3.05, 3.63) is 29.8 Å². The van der Waals surface area contributed by atoms with E-state index in [0.29, 0.717) is 13.2 Å². The lowest BCUT2D eigenvalue weighted by Gasteiger charge is -2.20. The van der Waals surface area contributed by atoms with E-state index in [0.717, 1.165) is 11.3 Å². The summed E-state index contributed by atoms with van der Waals surface area (Å²) in [5.74, 6) is 0.451. The van der Waals surface area contributed by atoms with Crippen molar-refractivity contribution in [3.8, 4) is 5.75 Å². The number of hydrogen-bond donors (Lipinski definition) is 3. The van der Waals surface area contributed by atoms with E-state index in [9.17, 15) is 9.59 Å². The fraction of sp³-hybridized carbons (Fsp3) is 0.467. The number of nitrogens with two attached hydrogens (primary N) is 1. The largest absolute Gasteiger partial charge is 0.492 e. The monoisotopic (exact) mass is 293 g/mol. The first-order valence-electron chi connectivity index (χ1n) is 6.93. The van der Waals surface area contributed by atoms with Crippen LogP contribution in [0.5, 0.6) is 5.75 Å². The Morgan fingerprint density at radius 2 is 2.05 bits per heavy atom. The Balaban J connectivity index is 2.36. The molecule has 21 heavy (non-hydrogen) atoms. The zero-order valence-corrected chi connectivity index (χ0v) is 12.7. The Hall–Kier alpha value is -2.24. The molecule has 0 radical (unpaired) electrons. The van der Waals surface area contributed by atoms with E-state index >= 15 is 0 Å². The van der Waals surface area contributed by atoms with Gasteiger partial charge in [-0.1, -0.05) is 26.0 Å². The van der Waals surface area contributed by atoms with Gasteiger partial charge in [0.1, 0.15) is 18.4 Å². The van der Waals surface area contributed by atoms with E-state index in [1.54, 1.807) is 0 Å². The minimum atomic E-state index is -0.708. The van der Waals surface area contributed by atoms with Gasteiger partial charge in [-0.15, -0.1) is 0 Å². The van der Waals surface area contributed by atoms with Crippen molar-refractivity contribution in [1.29, 1.82) is 0 Å². The lowest BCUT2D eigenvalue weighted by Crippen LogP contribution is -2.51. The summed E-state index contributed by atoms with van der Waals surface area (Å²) in [6, 6.07) is 6.33. The third kappa shape index (κ3) is 6.16. The average Bonchev–Trinajstić information content (AvgIpc) is 2.40. The lowest BCUT2D eigenvalue weighted by molar-refractivity contribution is -0.123. The molecule has 116 valence electrons. The minimum absolute atomic E-state index is 0.0461. The van der Waals surface area contributed by atoms with E-state index in [4.69, 9.17) is 10.5 Å². The third-order valence-corrected chi connectivity index (χ3v) is 2.91. The van der Waals surface area contributed by atoms with Gasteiger partial charge in [0.15, 0.2) is 0 Å². The maximum absolute atomic E-state index is 11.9. The average molecular weight is 293 g/mol. The Kier molecular flexibility index (Phi) is 6.52. The molecule has 0 aliphatic rings. The molecule has 0 spiro atoms. The molecule has 0 aliphatic heterocycles. The van der Waals surface area contributed by atoms with Gasteiger partial charge in [0.2, 0.25) is 5.91 Å². The summed E-state index contributed by atoms with van der Waals surface area (Å²) in [6.07, 6.45) is 0. The second kappa shape index (κ2) is 8.14. The molecule has 1 aromatic carbocycles. The second-order valence-electron chi connectivity index (χ2n) is 5.19. The van der Waals surface area contributed by atoms with E-state index < -0.39 is 12.1 Å². The van der Waals surface area contributed by atoms with Crippen LogP contribution < -0.4 is 21.1 Å². The van der Waals surface area contributed by atoms with Crippen molar-refractivity contribution in [2.45, 2.75) is 26.8 Å². The van der Waals surface area contributed by atoms with Gasteiger partial charge >= 0.3 is 6.03 Å². The van der Waals surface area contributed by atoms with Crippen LogP contribution in [0, 0.1) is 12.8 Å². The molecule has 0 aliphatic carbocycles. The van der Waals surface area contributed by atoms with E-state index in [1.165, 1.54) is 0 Å². The van der Waals surface area contributed by atoms with Crippen molar-refractivity contribution < 1.29 is 14.3 Å². The summed E-state index contributed by atoms with van der Waals surface area (Å²) in [6.45, 7) is 6.37. The molecular weight excluding hydrogens is 270 g/mol. The number of carbonyl (C=O) groups is 2. The third-order valence-electron chi connectivity index (χ3n) is 2.91. The molecule has 1 rings (SSSR count). The van der Waals surface area contributed by atoms with Gasteiger partial charge in [-0.25, -0.2) is 4.79 Å². The van der Waals surface area contributed by atoms with Gasteiger partial charge in [0.05, 0.1) is 6.54 Å². The van der Waals surface area contributed by atoms with Crippen LogP contribution >= 0.6 is 0 Å². The van der Waals surface area contributed by atoms with E-state index in [2.05, 4.69) is 10.6 Å². The van der Waals surface area contributed by atoms with E-state index in [1.807, 2.05) is 45.0 Å². The first kappa shape index (κ1) is 16.8. The molecule has 1 atom stereocenters. The molecule has 6 nitrogen and oxygen atoms in total. The summed E-state index contributed by atoms with van der Waals surface area (Å²) in [5.41, 5.74) is 6.17. The van der Waals surface area contributed by atoms with Gasteiger partial charge in [0, 0.05) is 0 Å². The van der Waals surface area contributed by atoms with Crippen molar-refractivity contribution in [1.82, 2.24) is 10.6 Å². The number of amides is 3. The van der Waals surface area contributed by atoms with Crippen LogP contribution in [0.2, 0.25) is 0 Å². The Morgan fingerprint density at radius 3 is 2.62 bits per heavy atom. The number of aryl methyl sites for hydroxylation is 1. The van der Waals surface area contributed by atoms with E-state index in [-0.39, 0.29) is 11.8 Å². The number of rotatable bonds is 7. The molecular formula is C15H23N3O3. The van der Waals surface area contributed by atoms with Gasteiger partial charge < -0.3 is 21.1 Å². The summed E-state index contributed by atoms with van der Waals surface area (Å²) in [4.78, 5) is 22.8. The Bertz CT molecular complexity index is 489. The van der Waals surface area contributed by atoms with Crippen LogP contribution in [-0.2, 0) is 4.79 Å². The normalized spacial score (nSPS) is 11.8. The molecule has 0 aromatic heterocycles. The molecule has 1 aromatic rings. The molecule has 6 heteroatoms. The number of carbonyl (C=O) groups excluding carboxylic acids is 2.